The van der Waals surface area contributed by atoms with E-state index >= 15 is 13.2 Å². The van der Waals surface area contributed by atoms with Crippen LogP contribution in [0.4, 0.5) is 26.3 Å². The van der Waals surface area contributed by atoms with Gasteiger partial charge < -0.3 is 9.15 Å². The maximum Gasteiger partial charge on any atom is 0.420 e. The number of fused-ring (bicyclic) bond motifs is 3. The lowest BCUT2D eigenvalue weighted by atomic mass is 9.80. The number of ether oxygens (including phenoxy) is 1. The maximum absolute atomic E-state index is 15.5. The lowest BCUT2D eigenvalue weighted by molar-refractivity contribution is -0.138. The number of hydrogen-bond acceptors (Lipinski definition) is 2. The first kappa shape index (κ1) is 31.3. The fourth-order valence-corrected chi connectivity index (χ4v) is 6.36. The van der Waals surface area contributed by atoms with E-state index in [1.807, 2.05) is 12.1 Å². The molecule has 0 unspecified atom stereocenters. The minimum atomic E-state index is -5.20. The molecular weight excluding hydrogens is 566 g/mol. The van der Waals surface area contributed by atoms with Gasteiger partial charge in [-0.15, -0.1) is 0 Å². The molecule has 0 atom stereocenters. The van der Waals surface area contributed by atoms with E-state index in [-0.39, 0.29) is 23.7 Å². The van der Waals surface area contributed by atoms with Crippen LogP contribution in [-0.2, 0) is 12.6 Å². The Morgan fingerprint density at radius 3 is 2.07 bits per heavy atom. The average molecular weight is 605 g/mol. The quantitative estimate of drug-likeness (QED) is 0.126. The molecule has 1 fully saturated rings. The van der Waals surface area contributed by atoms with Gasteiger partial charge in [0.15, 0.2) is 23.2 Å². The van der Waals surface area contributed by atoms with E-state index in [0.717, 1.165) is 56.6 Å². The summed E-state index contributed by atoms with van der Waals surface area (Å²) in [7, 11) is 0. The SMILES string of the molecule is CCCCCC1CCC(COc2cc3oc4cc(-c5ccc(CCCC)cc5)c(F)c(F)c4c3c(C(F)(F)F)c2F)CC1. The van der Waals surface area contributed by atoms with Gasteiger partial charge in [0.25, 0.3) is 0 Å². The van der Waals surface area contributed by atoms with E-state index in [9.17, 15) is 13.2 Å². The first-order chi connectivity index (χ1) is 20.6. The molecule has 0 bridgehead atoms. The number of halogens is 6. The minimum absolute atomic E-state index is 0.0724. The zero-order valence-corrected chi connectivity index (χ0v) is 24.7. The molecule has 8 heteroatoms. The number of benzene rings is 3. The predicted octanol–water partition coefficient (Wildman–Crippen LogP) is 11.8. The van der Waals surface area contributed by atoms with Crippen molar-refractivity contribution in [2.75, 3.05) is 6.61 Å². The van der Waals surface area contributed by atoms with Gasteiger partial charge in [0.05, 0.1) is 12.0 Å². The fraction of sp³-hybridized carbons (Fsp3) is 0.486. The van der Waals surface area contributed by atoms with Crippen molar-refractivity contribution in [1.82, 2.24) is 0 Å². The number of aryl methyl sites for hydroxylation is 1. The van der Waals surface area contributed by atoms with Crippen LogP contribution in [0.2, 0.25) is 0 Å². The predicted molar refractivity (Wildman–Crippen MR) is 158 cm³/mol. The van der Waals surface area contributed by atoms with Gasteiger partial charge in [-0.2, -0.15) is 13.2 Å². The van der Waals surface area contributed by atoms with Gasteiger partial charge in [0.1, 0.15) is 16.7 Å². The van der Waals surface area contributed by atoms with Crippen molar-refractivity contribution in [3.63, 3.8) is 0 Å². The summed E-state index contributed by atoms with van der Waals surface area (Å²) in [6.07, 6.45) is 6.15. The molecule has 43 heavy (non-hydrogen) atoms. The van der Waals surface area contributed by atoms with Crippen LogP contribution < -0.4 is 4.74 Å². The summed E-state index contributed by atoms with van der Waals surface area (Å²) in [6, 6.07) is 9.10. The summed E-state index contributed by atoms with van der Waals surface area (Å²) >= 11 is 0. The summed E-state index contributed by atoms with van der Waals surface area (Å²) in [5.41, 5.74) is -1.20. The molecule has 232 valence electrons. The second kappa shape index (κ2) is 13.2. The van der Waals surface area contributed by atoms with Crippen molar-refractivity contribution in [2.24, 2.45) is 11.8 Å². The van der Waals surface area contributed by atoms with Gasteiger partial charge in [-0.3, -0.25) is 0 Å². The van der Waals surface area contributed by atoms with Crippen LogP contribution in [-0.4, -0.2) is 6.61 Å². The molecule has 0 amide bonds. The van der Waals surface area contributed by atoms with Crippen molar-refractivity contribution in [2.45, 2.75) is 90.7 Å². The smallest absolute Gasteiger partial charge is 0.420 e. The minimum Gasteiger partial charge on any atom is -0.490 e. The van der Waals surface area contributed by atoms with E-state index in [4.69, 9.17) is 9.15 Å². The molecule has 0 saturated heterocycles. The van der Waals surface area contributed by atoms with Gasteiger partial charge in [-0.1, -0.05) is 83.1 Å². The molecule has 3 aromatic carbocycles. The van der Waals surface area contributed by atoms with Gasteiger partial charge in [-0.05, 0) is 54.7 Å². The number of furan rings is 1. The van der Waals surface area contributed by atoms with E-state index in [1.165, 1.54) is 31.7 Å². The highest BCUT2D eigenvalue weighted by Gasteiger charge is 2.41. The Kier molecular flexibility index (Phi) is 9.62. The van der Waals surface area contributed by atoms with Crippen LogP contribution in [0.15, 0.2) is 40.8 Å². The zero-order valence-electron chi connectivity index (χ0n) is 24.7. The van der Waals surface area contributed by atoms with Crippen LogP contribution in [0.1, 0.15) is 89.2 Å². The van der Waals surface area contributed by atoms with Gasteiger partial charge in [-0.25, -0.2) is 13.2 Å². The van der Waals surface area contributed by atoms with Gasteiger partial charge in [0.2, 0.25) is 0 Å². The second-order valence-corrected chi connectivity index (χ2v) is 12.0. The normalized spacial score (nSPS) is 17.7. The fourth-order valence-electron chi connectivity index (χ4n) is 6.36. The third-order valence-electron chi connectivity index (χ3n) is 8.86. The first-order valence-corrected chi connectivity index (χ1v) is 15.5. The van der Waals surface area contributed by atoms with Crippen molar-refractivity contribution in [3.05, 3.63) is 65.0 Å². The molecule has 4 aromatic rings. The molecule has 0 spiro atoms. The largest absolute Gasteiger partial charge is 0.490 e. The molecule has 1 aliphatic carbocycles. The Morgan fingerprint density at radius 1 is 0.767 bits per heavy atom. The summed E-state index contributed by atoms with van der Waals surface area (Å²) in [6.45, 7) is 4.31. The standard InChI is InChI=1S/C35H38F6O2/c1-3-5-7-9-22-10-12-23(13-11-22)20-42-28-19-27-29(31(33(28)37)35(39,40)41)30-26(43-27)18-25(32(36)34(30)38)24-16-14-21(15-17-24)8-6-4-2/h14-19,22-23H,3-13,20H2,1-2H3. The van der Waals surface area contributed by atoms with Crippen molar-refractivity contribution in [3.8, 4) is 16.9 Å². The van der Waals surface area contributed by atoms with E-state index in [0.29, 0.717) is 11.5 Å². The Hall–Kier alpha value is -3.16. The van der Waals surface area contributed by atoms with Gasteiger partial charge >= 0.3 is 6.18 Å². The van der Waals surface area contributed by atoms with Gasteiger partial charge in [0, 0.05) is 17.0 Å². The van der Waals surface area contributed by atoms with E-state index in [2.05, 4.69) is 13.8 Å². The van der Waals surface area contributed by atoms with Crippen LogP contribution in [0, 0.1) is 29.3 Å². The molecule has 2 nitrogen and oxygen atoms in total. The molecule has 0 aliphatic heterocycles. The summed E-state index contributed by atoms with van der Waals surface area (Å²) in [5, 5.41) is -1.59. The topological polar surface area (TPSA) is 22.4 Å². The Labute approximate surface area is 248 Å². The third-order valence-corrected chi connectivity index (χ3v) is 8.86. The molecule has 1 saturated carbocycles. The van der Waals surface area contributed by atoms with E-state index in [1.54, 1.807) is 12.1 Å². The summed E-state index contributed by atoms with van der Waals surface area (Å²) in [5.74, 6) is -4.35. The number of rotatable bonds is 11. The maximum atomic E-state index is 15.5. The average Bonchev–Trinajstić information content (AvgIpc) is 3.34. The van der Waals surface area contributed by atoms with E-state index < -0.39 is 51.3 Å². The first-order valence-electron chi connectivity index (χ1n) is 15.5. The highest BCUT2D eigenvalue weighted by atomic mass is 19.4. The molecule has 0 N–H and O–H groups in total. The molecule has 1 aliphatic rings. The molecule has 0 radical (unpaired) electrons. The lowest BCUT2D eigenvalue weighted by Crippen LogP contribution is -2.21. The highest BCUT2D eigenvalue weighted by molar-refractivity contribution is 6.09. The summed E-state index contributed by atoms with van der Waals surface area (Å²) < 4.78 is 100. The van der Waals surface area contributed by atoms with Crippen molar-refractivity contribution in [1.29, 1.82) is 0 Å². The summed E-state index contributed by atoms with van der Waals surface area (Å²) in [4.78, 5) is 0. The zero-order chi connectivity index (χ0) is 30.7. The van der Waals surface area contributed by atoms with Crippen LogP contribution in [0.25, 0.3) is 33.1 Å². The van der Waals surface area contributed by atoms with Crippen molar-refractivity contribution < 1.29 is 35.5 Å². The lowest BCUT2D eigenvalue weighted by Gasteiger charge is -2.28. The van der Waals surface area contributed by atoms with Crippen LogP contribution in [0.5, 0.6) is 5.75 Å². The highest BCUT2D eigenvalue weighted by Crippen LogP contribution is 2.46. The van der Waals surface area contributed by atoms with Crippen molar-refractivity contribution >= 4 is 21.9 Å². The second-order valence-electron chi connectivity index (χ2n) is 12.0. The molecule has 1 aromatic heterocycles. The Balaban J connectivity index is 1.46. The Morgan fingerprint density at radius 2 is 1.42 bits per heavy atom. The number of hydrogen-bond donors (Lipinski definition) is 0. The number of unbranched alkanes of at least 4 members (excludes halogenated alkanes) is 3. The van der Waals surface area contributed by atoms with Crippen LogP contribution >= 0.6 is 0 Å². The number of alkyl halides is 3. The molecular formula is C35H38F6O2. The molecule has 5 rings (SSSR count). The Bertz CT molecular complexity index is 1550. The van der Waals surface area contributed by atoms with Crippen LogP contribution in [0.3, 0.4) is 0 Å². The monoisotopic (exact) mass is 604 g/mol. The molecule has 1 heterocycles. The third kappa shape index (κ3) is 6.68.